The maximum atomic E-state index is 3.86. The molecular formula is C14H28N2. The highest BCUT2D eigenvalue weighted by molar-refractivity contribution is 4.88. The summed E-state index contributed by atoms with van der Waals surface area (Å²) in [6.07, 6.45) is 7.40. The van der Waals surface area contributed by atoms with Crippen LogP contribution in [0.15, 0.2) is 12.7 Å². The topological polar surface area (TPSA) is 15.3 Å². The van der Waals surface area contributed by atoms with Gasteiger partial charge in [-0.1, -0.05) is 26.3 Å². The van der Waals surface area contributed by atoms with E-state index in [9.17, 15) is 0 Å². The molecule has 1 N–H and O–H groups in total. The molecule has 0 aromatic carbocycles. The van der Waals surface area contributed by atoms with Gasteiger partial charge in [0.15, 0.2) is 0 Å². The molecule has 1 rings (SSSR count). The first-order chi connectivity index (χ1) is 7.76. The Morgan fingerprint density at radius 3 is 2.50 bits per heavy atom. The highest BCUT2D eigenvalue weighted by Gasteiger charge is 2.32. The zero-order chi connectivity index (χ0) is 11.9. The highest BCUT2D eigenvalue weighted by Crippen LogP contribution is 2.34. The van der Waals surface area contributed by atoms with E-state index in [1.807, 2.05) is 6.08 Å². The molecule has 0 aromatic rings. The van der Waals surface area contributed by atoms with E-state index >= 15 is 0 Å². The summed E-state index contributed by atoms with van der Waals surface area (Å²) in [6, 6.07) is 0. The van der Waals surface area contributed by atoms with Crippen molar-refractivity contribution in [3.05, 3.63) is 12.7 Å². The second kappa shape index (κ2) is 7.08. The van der Waals surface area contributed by atoms with E-state index in [1.54, 1.807) is 0 Å². The van der Waals surface area contributed by atoms with E-state index in [0.717, 1.165) is 13.1 Å². The smallest absolute Gasteiger partial charge is 0.0160 e. The quantitative estimate of drug-likeness (QED) is 0.669. The molecule has 2 nitrogen and oxygen atoms in total. The fourth-order valence-electron chi connectivity index (χ4n) is 2.94. The molecule has 1 fully saturated rings. The molecule has 0 saturated carbocycles. The van der Waals surface area contributed by atoms with E-state index in [4.69, 9.17) is 0 Å². The molecule has 0 amide bonds. The molecule has 94 valence electrons. The Labute approximate surface area is 101 Å². The van der Waals surface area contributed by atoms with Crippen molar-refractivity contribution < 1.29 is 0 Å². The first-order valence-electron chi connectivity index (χ1n) is 6.80. The molecule has 0 bridgehead atoms. The summed E-state index contributed by atoms with van der Waals surface area (Å²) in [5, 5.41) is 3.48. The van der Waals surface area contributed by atoms with Gasteiger partial charge in [0, 0.05) is 13.1 Å². The van der Waals surface area contributed by atoms with Crippen molar-refractivity contribution in [1.82, 2.24) is 10.2 Å². The SMILES string of the molecule is C=CCN(CC)CC1(CCC)CCNCC1. The largest absolute Gasteiger partial charge is 0.317 e. The van der Waals surface area contributed by atoms with Gasteiger partial charge in [-0.2, -0.15) is 0 Å². The van der Waals surface area contributed by atoms with Crippen LogP contribution in [0.5, 0.6) is 0 Å². The first kappa shape index (κ1) is 13.7. The standard InChI is InChI=1S/C14H28N2/c1-4-7-14(8-10-15-11-9-14)13-16(6-3)12-5-2/h5,15H,2,4,6-13H2,1,3H3. The summed E-state index contributed by atoms with van der Waals surface area (Å²) in [4.78, 5) is 2.54. The molecule has 0 radical (unpaired) electrons. The molecule has 0 aromatic heterocycles. The Morgan fingerprint density at radius 2 is 2.00 bits per heavy atom. The predicted molar refractivity (Wildman–Crippen MR) is 71.8 cm³/mol. The second-order valence-corrected chi connectivity index (χ2v) is 5.12. The fourth-order valence-corrected chi connectivity index (χ4v) is 2.94. The van der Waals surface area contributed by atoms with Crippen LogP contribution in [0, 0.1) is 5.41 Å². The van der Waals surface area contributed by atoms with Gasteiger partial charge in [0.1, 0.15) is 0 Å². The van der Waals surface area contributed by atoms with Crippen molar-refractivity contribution in [2.45, 2.75) is 39.5 Å². The van der Waals surface area contributed by atoms with Gasteiger partial charge in [-0.25, -0.2) is 0 Å². The number of piperidine rings is 1. The lowest BCUT2D eigenvalue weighted by molar-refractivity contribution is 0.111. The number of hydrogen-bond acceptors (Lipinski definition) is 2. The third-order valence-electron chi connectivity index (χ3n) is 3.84. The van der Waals surface area contributed by atoms with Gasteiger partial charge >= 0.3 is 0 Å². The fraction of sp³-hybridized carbons (Fsp3) is 0.857. The monoisotopic (exact) mass is 224 g/mol. The van der Waals surface area contributed by atoms with Crippen molar-refractivity contribution in [2.24, 2.45) is 5.41 Å². The number of rotatable bonds is 7. The molecule has 1 aliphatic heterocycles. The summed E-state index contributed by atoms with van der Waals surface area (Å²) >= 11 is 0. The van der Waals surface area contributed by atoms with Gasteiger partial charge in [0.25, 0.3) is 0 Å². The van der Waals surface area contributed by atoms with Crippen LogP contribution in [0.3, 0.4) is 0 Å². The summed E-state index contributed by atoms with van der Waals surface area (Å²) in [7, 11) is 0. The van der Waals surface area contributed by atoms with E-state index in [2.05, 4.69) is 30.6 Å². The Kier molecular flexibility index (Phi) is 6.07. The Morgan fingerprint density at radius 1 is 1.31 bits per heavy atom. The molecule has 0 aliphatic carbocycles. The van der Waals surface area contributed by atoms with Crippen molar-refractivity contribution in [3.8, 4) is 0 Å². The van der Waals surface area contributed by atoms with Crippen molar-refractivity contribution in [1.29, 1.82) is 0 Å². The average molecular weight is 224 g/mol. The van der Waals surface area contributed by atoms with Crippen LogP contribution >= 0.6 is 0 Å². The normalized spacial score (nSPS) is 19.9. The van der Waals surface area contributed by atoms with Gasteiger partial charge in [-0.3, -0.25) is 4.90 Å². The van der Waals surface area contributed by atoms with Gasteiger partial charge in [-0.15, -0.1) is 6.58 Å². The maximum Gasteiger partial charge on any atom is 0.0160 e. The van der Waals surface area contributed by atoms with Gasteiger partial charge in [0.05, 0.1) is 0 Å². The van der Waals surface area contributed by atoms with Crippen molar-refractivity contribution in [3.63, 3.8) is 0 Å². The Balaban J connectivity index is 2.56. The molecular weight excluding hydrogens is 196 g/mol. The van der Waals surface area contributed by atoms with Crippen molar-refractivity contribution in [2.75, 3.05) is 32.7 Å². The predicted octanol–water partition coefficient (Wildman–Crippen LogP) is 2.66. The summed E-state index contributed by atoms with van der Waals surface area (Å²) in [5.41, 5.74) is 0.568. The molecule has 0 spiro atoms. The summed E-state index contributed by atoms with van der Waals surface area (Å²) in [6.45, 7) is 14.3. The lowest BCUT2D eigenvalue weighted by atomic mass is 9.75. The number of likely N-dealkylation sites (N-methyl/N-ethyl adjacent to an activating group) is 1. The van der Waals surface area contributed by atoms with Gasteiger partial charge in [-0.05, 0) is 44.3 Å². The van der Waals surface area contributed by atoms with Crippen LogP contribution < -0.4 is 5.32 Å². The van der Waals surface area contributed by atoms with Crippen LogP contribution in [0.2, 0.25) is 0 Å². The van der Waals surface area contributed by atoms with Gasteiger partial charge < -0.3 is 5.32 Å². The van der Waals surface area contributed by atoms with Crippen molar-refractivity contribution >= 4 is 0 Å². The number of nitrogens with zero attached hydrogens (tertiary/aromatic N) is 1. The van der Waals surface area contributed by atoms with Gasteiger partial charge in [0.2, 0.25) is 0 Å². The van der Waals surface area contributed by atoms with Crippen LogP contribution in [0.25, 0.3) is 0 Å². The molecule has 0 unspecified atom stereocenters. The average Bonchev–Trinajstić information content (AvgIpc) is 2.30. The van der Waals surface area contributed by atoms with E-state index < -0.39 is 0 Å². The van der Waals surface area contributed by atoms with E-state index in [-0.39, 0.29) is 0 Å². The molecule has 1 aliphatic rings. The molecule has 0 atom stereocenters. The minimum atomic E-state index is 0.568. The number of hydrogen-bond donors (Lipinski definition) is 1. The zero-order valence-corrected chi connectivity index (χ0v) is 11.1. The summed E-state index contributed by atoms with van der Waals surface area (Å²) < 4.78 is 0. The van der Waals surface area contributed by atoms with Crippen LogP contribution in [0.1, 0.15) is 39.5 Å². The Bertz CT molecular complexity index is 189. The van der Waals surface area contributed by atoms with Crippen LogP contribution in [-0.2, 0) is 0 Å². The third kappa shape index (κ3) is 3.91. The Hall–Kier alpha value is -0.340. The van der Waals surface area contributed by atoms with Crippen LogP contribution in [-0.4, -0.2) is 37.6 Å². The minimum Gasteiger partial charge on any atom is -0.317 e. The molecule has 2 heteroatoms. The highest BCUT2D eigenvalue weighted by atomic mass is 15.1. The zero-order valence-electron chi connectivity index (χ0n) is 11.1. The minimum absolute atomic E-state index is 0.568. The van der Waals surface area contributed by atoms with E-state index in [0.29, 0.717) is 5.41 Å². The lowest BCUT2D eigenvalue weighted by Gasteiger charge is -2.41. The maximum absolute atomic E-state index is 3.86. The number of nitrogens with one attached hydrogen (secondary N) is 1. The summed E-state index contributed by atoms with van der Waals surface area (Å²) in [5.74, 6) is 0. The lowest BCUT2D eigenvalue weighted by Crippen LogP contribution is -2.44. The second-order valence-electron chi connectivity index (χ2n) is 5.12. The van der Waals surface area contributed by atoms with E-state index in [1.165, 1.54) is 45.3 Å². The first-order valence-corrected chi connectivity index (χ1v) is 6.80. The molecule has 16 heavy (non-hydrogen) atoms. The van der Waals surface area contributed by atoms with Crippen LogP contribution in [0.4, 0.5) is 0 Å². The third-order valence-corrected chi connectivity index (χ3v) is 3.84. The molecule has 1 saturated heterocycles. The molecule has 1 heterocycles.